The Labute approximate surface area is 140 Å². The highest BCUT2D eigenvalue weighted by molar-refractivity contribution is 8.00. The molecule has 1 amide bonds. The van der Waals surface area contributed by atoms with Gasteiger partial charge in [0.1, 0.15) is 5.75 Å². The molecule has 0 saturated heterocycles. The summed E-state index contributed by atoms with van der Waals surface area (Å²) in [5, 5.41) is 3.56. The largest absolute Gasteiger partial charge is 0.494 e. The fourth-order valence-electron chi connectivity index (χ4n) is 1.90. The van der Waals surface area contributed by atoms with E-state index in [0.717, 1.165) is 21.9 Å². The van der Waals surface area contributed by atoms with Crippen molar-refractivity contribution in [1.82, 2.24) is 0 Å². The molecule has 0 spiro atoms. The monoisotopic (exact) mass is 335 g/mol. The first-order valence-electron chi connectivity index (χ1n) is 7.00. The average Bonchev–Trinajstić information content (AvgIpc) is 2.50. The van der Waals surface area contributed by atoms with Crippen molar-refractivity contribution in [2.75, 3.05) is 17.7 Å². The molecule has 3 nitrogen and oxygen atoms in total. The summed E-state index contributed by atoms with van der Waals surface area (Å²) in [6.07, 6.45) is 0. The topological polar surface area (TPSA) is 38.3 Å². The molecule has 5 heteroatoms. The van der Waals surface area contributed by atoms with E-state index in [-0.39, 0.29) is 5.91 Å². The molecule has 0 aliphatic carbocycles. The quantitative estimate of drug-likeness (QED) is 0.772. The van der Waals surface area contributed by atoms with Crippen LogP contribution in [0.1, 0.15) is 12.5 Å². The fraction of sp³-hybridized carbons (Fsp3) is 0.235. The summed E-state index contributed by atoms with van der Waals surface area (Å²) in [4.78, 5) is 13.0. The van der Waals surface area contributed by atoms with Gasteiger partial charge >= 0.3 is 0 Å². The molecule has 0 atom stereocenters. The normalized spacial score (nSPS) is 10.3. The van der Waals surface area contributed by atoms with Crippen LogP contribution >= 0.6 is 23.4 Å². The van der Waals surface area contributed by atoms with Gasteiger partial charge in [0, 0.05) is 15.6 Å². The zero-order valence-electron chi connectivity index (χ0n) is 12.6. The lowest BCUT2D eigenvalue weighted by Crippen LogP contribution is -2.14. The zero-order valence-corrected chi connectivity index (χ0v) is 14.1. The van der Waals surface area contributed by atoms with Crippen molar-refractivity contribution in [1.29, 1.82) is 0 Å². The zero-order chi connectivity index (χ0) is 15.9. The fourth-order valence-corrected chi connectivity index (χ4v) is 2.83. The summed E-state index contributed by atoms with van der Waals surface area (Å²) < 4.78 is 5.39. The van der Waals surface area contributed by atoms with E-state index in [1.54, 1.807) is 6.07 Å². The van der Waals surface area contributed by atoms with Crippen LogP contribution in [0.5, 0.6) is 5.75 Å². The maximum atomic E-state index is 12.0. The number of anilines is 1. The standard InChI is InChI=1S/C17H18ClNO2S/c1-3-21-14-5-7-15(8-6-14)22-11-17(20)19-16-9-4-13(18)10-12(16)2/h4-10H,3,11H2,1-2H3,(H,19,20). The lowest BCUT2D eigenvalue weighted by atomic mass is 10.2. The molecule has 0 fully saturated rings. The first-order valence-corrected chi connectivity index (χ1v) is 8.36. The first-order chi connectivity index (χ1) is 10.6. The van der Waals surface area contributed by atoms with E-state index in [4.69, 9.17) is 16.3 Å². The van der Waals surface area contributed by atoms with Crippen LogP contribution in [0.2, 0.25) is 5.02 Å². The third-order valence-electron chi connectivity index (χ3n) is 2.97. The summed E-state index contributed by atoms with van der Waals surface area (Å²) in [5.74, 6) is 1.16. The number of rotatable bonds is 6. The lowest BCUT2D eigenvalue weighted by Gasteiger charge is -2.09. The van der Waals surface area contributed by atoms with Crippen molar-refractivity contribution in [3.8, 4) is 5.75 Å². The lowest BCUT2D eigenvalue weighted by molar-refractivity contribution is -0.113. The third-order valence-corrected chi connectivity index (χ3v) is 4.21. The molecular weight excluding hydrogens is 318 g/mol. The molecule has 0 bridgehead atoms. The summed E-state index contributed by atoms with van der Waals surface area (Å²) in [5.41, 5.74) is 1.74. The highest BCUT2D eigenvalue weighted by Crippen LogP contribution is 2.23. The number of thioether (sulfide) groups is 1. The minimum absolute atomic E-state index is 0.0377. The Bertz CT molecular complexity index is 644. The van der Waals surface area contributed by atoms with E-state index in [2.05, 4.69) is 5.32 Å². The van der Waals surface area contributed by atoms with E-state index >= 15 is 0 Å². The van der Waals surface area contributed by atoms with Crippen LogP contribution in [0.4, 0.5) is 5.69 Å². The maximum absolute atomic E-state index is 12.0. The second kappa shape index (κ2) is 8.11. The molecule has 2 aromatic carbocycles. The van der Waals surface area contributed by atoms with Gasteiger partial charge < -0.3 is 10.1 Å². The second-order valence-corrected chi connectivity index (χ2v) is 6.19. The summed E-state index contributed by atoms with van der Waals surface area (Å²) in [7, 11) is 0. The molecule has 0 radical (unpaired) electrons. The third kappa shape index (κ3) is 4.97. The van der Waals surface area contributed by atoms with E-state index in [1.165, 1.54) is 11.8 Å². The minimum Gasteiger partial charge on any atom is -0.494 e. The van der Waals surface area contributed by atoms with Crippen LogP contribution in [-0.2, 0) is 4.79 Å². The van der Waals surface area contributed by atoms with Gasteiger partial charge in [-0.2, -0.15) is 0 Å². The number of nitrogens with one attached hydrogen (secondary N) is 1. The molecule has 0 aromatic heterocycles. The van der Waals surface area contributed by atoms with Gasteiger partial charge in [-0.25, -0.2) is 0 Å². The molecule has 2 rings (SSSR count). The van der Waals surface area contributed by atoms with Crippen molar-refractivity contribution in [2.45, 2.75) is 18.7 Å². The Kier molecular flexibility index (Phi) is 6.16. The molecule has 22 heavy (non-hydrogen) atoms. The van der Waals surface area contributed by atoms with Crippen LogP contribution in [0, 0.1) is 6.92 Å². The van der Waals surface area contributed by atoms with Gasteiger partial charge in [-0.3, -0.25) is 4.79 Å². The smallest absolute Gasteiger partial charge is 0.234 e. The Hall–Kier alpha value is -1.65. The van der Waals surface area contributed by atoms with Crippen molar-refractivity contribution in [3.05, 3.63) is 53.1 Å². The van der Waals surface area contributed by atoms with Crippen molar-refractivity contribution >= 4 is 35.0 Å². The number of halogens is 1. The average molecular weight is 336 g/mol. The first kappa shape index (κ1) is 16.7. The number of hydrogen-bond acceptors (Lipinski definition) is 3. The number of benzene rings is 2. The van der Waals surface area contributed by atoms with Gasteiger partial charge in [-0.05, 0) is 61.9 Å². The molecule has 0 unspecified atom stereocenters. The van der Waals surface area contributed by atoms with Crippen LogP contribution in [0.15, 0.2) is 47.4 Å². The molecule has 0 aliphatic rings. The number of ether oxygens (including phenoxy) is 1. The summed E-state index contributed by atoms with van der Waals surface area (Å²) in [6.45, 7) is 4.52. The number of hydrogen-bond donors (Lipinski definition) is 1. The minimum atomic E-state index is -0.0377. The molecule has 116 valence electrons. The van der Waals surface area contributed by atoms with Crippen molar-refractivity contribution < 1.29 is 9.53 Å². The Morgan fingerprint density at radius 1 is 1.23 bits per heavy atom. The Morgan fingerprint density at radius 3 is 2.59 bits per heavy atom. The summed E-state index contributed by atoms with van der Waals surface area (Å²) >= 11 is 7.39. The molecule has 0 saturated carbocycles. The van der Waals surface area contributed by atoms with Gasteiger partial charge in [0.25, 0.3) is 0 Å². The van der Waals surface area contributed by atoms with Gasteiger partial charge in [-0.1, -0.05) is 11.6 Å². The predicted molar refractivity (Wildman–Crippen MR) is 93.2 cm³/mol. The highest BCUT2D eigenvalue weighted by Gasteiger charge is 2.06. The Morgan fingerprint density at radius 2 is 1.95 bits per heavy atom. The Balaban J connectivity index is 1.87. The van der Waals surface area contributed by atoms with E-state index in [1.807, 2.05) is 50.2 Å². The molecule has 0 aliphatic heterocycles. The molecular formula is C17H18ClNO2S. The predicted octanol–water partition coefficient (Wildman–Crippen LogP) is 4.78. The molecule has 2 aromatic rings. The summed E-state index contributed by atoms with van der Waals surface area (Å²) in [6, 6.07) is 13.1. The van der Waals surface area contributed by atoms with Crippen LogP contribution in [-0.4, -0.2) is 18.3 Å². The van der Waals surface area contributed by atoms with E-state index < -0.39 is 0 Å². The number of aryl methyl sites for hydroxylation is 1. The van der Waals surface area contributed by atoms with Gasteiger partial charge in [0.2, 0.25) is 5.91 Å². The highest BCUT2D eigenvalue weighted by atomic mass is 35.5. The van der Waals surface area contributed by atoms with Gasteiger partial charge in [-0.15, -0.1) is 11.8 Å². The number of amides is 1. The van der Waals surface area contributed by atoms with Crippen LogP contribution in [0.25, 0.3) is 0 Å². The number of carbonyl (C=O) groups is 1. The van der Waals surface area contributed by atoms with Crippen LogP contribution < -0.4 is 10.1 Å². The molecule has 1 N–H and O–H groups in total. The van der Waals surface area contributed by atoms with Crippen molar-refractivity contribution in [3.63, 3.8) is 0 Å². The SMILES string of the molecule is CCOc1ccc(SCC(=O)Nc2ccc(Cl)cc2C)cc1. The van der Waals surface area contributed by atoms with Crippen molar-refractivity contribution in [2.24, 2.45) is 0 Å². The molecule has 0 heterocycles. The number of carbonyl (C=O) groups excluding carboxylic acids is 1. The van der Waals surface area contributed by atoms with Gasteiger partial charge in [0.15, 0.2) is 0 Å². The van der Waals surface area contributed by atoms with E-state index in [9.17, 15) is 4.79 Å². The second-order valence-electron chi connectivity index (χ2n) is 4.70. The maximum Gasteiger partial charge on any atom is 0.234 e. The van der Waals surface area contributed by atoms with E-state index in [0.29, 0.717) is 17.4 Å². The van der Waals surface area contributed by atoms with Crippen LogP contribution in [0.3, 0.4) is 0 Å². The van der Waals surface area contributed by atoms with Gasteiger partial charge in [0.05, 0.1) is 12.4 Å².